The quantitative estimate of drug-likeness (QED) is 0.516. The first-order valence-corrected chi connectivity index (χ1v) is 7.97. The van der Waals surface area contributed by atoms with Crippen molar-refractivity contribution in [3.63, 3.8) is 0 Å². The van der Waals surface area contributed by atoms with Crippen LogP contribution in [-0.4, -0.2) is 49.0 Å². The summed E-state index contributed by atoms with van der Waals surface area (Å²) < 4.78 is 22.8. The van der Waals surface area contributed by atoms with Crippen molar-refractivity contribution in [2.45, 2.75) is 50.8 Å². The van der Waals surface area contributed by atoms with Crippen molar-refractivity contribution < 1.29 is 24.1 Å². The molecule has 2 heterocycles. The number of azide groups is 1. The Hall–Kier alpha value is -1.67. The van der Waals surface area contributed by atoms with E-state index in [1.165, 1.54) is 0 Å². The number of benzene rings is 1. The van der Waals surface area contributed by atoms with Gasteiger partial charge in [0.1, 0.15) is 18.2 Å². The first-order chi connectivity index (χ1) is 11.6. The second-order valence-corrected chi connectivity index (χ2v) is 5.86. The Labute approximate surface area is 139 Å². The summed E-state index contributed by atoms with van der Waals surface area (Å²) >= 11 is 0. The Balaban J connectivity index is 1.77. The zero-order valence-corrected chi connectivity index (χ0v) is 13.6. The fourth-order valence-corrected chi connectivity index (χ4v) is 2.95. The lowest BCUT2D eigenvalue weighted by Crippen LogP contribution is -2.61. The van der Waals surface area contributed by atoms with Crippen molar-refractivity contribution in [2.75, 3.05) is 13.2 Å². The Bertz CT molecular complexity index is 604. The summed E-state index contributed by atoms with van der Waals surface area (Å²) in [4.78, 5) is 2.78. The van der Waals surface area contributed by atoms with E-state index in [0.717, 1.165) is 11.1 Å². The van der Waals surface area contributed by atoms with Crippen molar-refractivity contribution in [1.29, 1.82) is 0 Å². The molecule has 130 valence electrons. The molecular weight excluding hydrogens is 314 g/mol. The van der Waals surface area contributed by atoms with Crippen LogP contribution in [0.15, 0.2) is 29.4 Å². The van der Waals surface area contributed by atoms with Gasteiger partial charge in [-0.3, -0.25) is 0 Å². The zero-order valence-electron chi connectivity index (χ0n) is 13.6. The van der Waals surface area contributed by atoms with Gasteiger partial charge in [-0.2, -0.15) is 0 Å². The highest BCUT2D eigenvalue weighted by Crippen LogP contribution is 2.35. The lowest BCUT2D eigenvalue weighted by molar-refractivity contribution is -0.341. The molecule has 2 saturated heterocycles. The van der Waals surface area contributed by atoms with Crippen molar-refractivity contribution >= 4 is 0 Å². The van der Waals surface area contributed by atoms with Crippen LogP contribution in [0.2, 0.25) is 0 Å². The SMILES string of the molecule is CCO[C@@H]1OC2COC(c3ccc(C)cc3)O[C@H]2[C@H](O)C1N=[N+]=[N-]. The third kappa shape index (κ3) is 3.39. The number of ether oxygens (including phenoxy) is 4. The van der Waals surface area contributed by atoms with Gasteiger partial charge in [0.05, 0.1) is 12.7 Å². The fourth-order valence-electron chi connectivity index (χ4n) is 2.95. The second kappa shape index (κ2) is 7.48. The smallest absolute Gasteiger partial charge is 0.184 e. The van der Waals surface area contributed by atoms with Crippen molar-refractivity contribution in [3.8, 4) is 0 Å². The monoisotopic (exact) mass is 335 g/mol. The Morgan fingerprint density at radius 2 is 2.08 bits per heavy atom. The van der Waals surface area contributed by atoms with Crippen LogP contribution < -0.4 is 0 Å². The van der Waals surface area contributed by atoms with Crippen LogP contribution in [-0.2, 0) is 18.9 Å². The van der Waals surface area contributed by atoms with Gasteiger partial charge in [-0.25, -0.2) is 0 Å². The Kier molecular flexibility index (Phi) is 5.35. The number of hydrogen-bond acceptors (Lipinski definition) is 6. The number of aryl methyl sites for hydroxylation is 1. The minimum Gasteiger partial charge on any atom is -0.390 e. The van der Waals surface area contributed by atoms with E-state index in [0.29, 0.717) is 6.61 Å². The van der Waals surface area contributed by atoms with Crippen LogP contribution in [0, 0.1) is 6.92 Å². The van der Waals surface area contributed by atoms with E-state index in [4.69, 9.17) is 24.5 Å². The molecule has 8 nitrogen and oxygen atoms in total. The standard InChI is InChI=1S/C16H21N3O5/c1-3-21-16-12(18-19-17)13(20)14-11(23-16)8-22-15(24-14)10-6-4-9(2)5-7-10/h4-7,11-16,20H,3,8H2,1-2H3/t11?,12?,13-,14-,15?,16-/m1/s1. The van der Waals surface area contributed by atoms with Gasteiger partial charge in [0, 0.05) is 17.1 Å². The van der Waals surface area contributed by atoms with E-state index in [9.17, 15) is 5.11 Å². The molecule has 0 saturated carbocycles. The average Bonchev–Trinajstić information content (AvgIpc) is 2.59. The first kappa shape index (κ1) is 17.2. The summed E-state index contributed by atoms with van der Waals surface area (Å²) in [5, 5.41) is 14.2. The molecule has 0 aromatic heterocycles. The maximum atomic E-state index is 10.6. The molecule has 1 aromatic rings. The highest BCUT2D eigenvalue weighted by atomic mass is 16.7. The molecule has 0 aliphatic carbocycles. The van der Waals surface area contributed by atoms with Gasteiger partial charge in [-0.1, -0.05) is 34.9 Å². The minimum absolute atomic E-state index is 0.257. The molecule has 1 N–H and O–H groups in total. The zero-order chi connectivity index (χ0) is 17.1. The summed E-state index contributed by atoms with van der Waals surface area (Å²) in [6.07, 6.45) is -3.58. The molecule has 8 heteroatoms. The number of rotatable bonds is 4. The first-order valence-electron chi connectivity index (χ1n) is 7.97. The average molecular weight is 335 g/mol. The molecule has 3 unspecified atom stereocenters. The van der Waals surface area contributed by atoms with Gasteiger partial charge < -0.3 is 24.1 Å². The second-order valence-electron chi connectivity index (χ2n) is 5.86. The van der Waals surface area contributed by atoms with Crippen LogP contribution in [0.25, 0.3) is 10.4 Å². The van der Waals surface area contributed by atoms with Gasteiger partial charge in [-0.05, 0) is 19.4 Å². The van der Waals surface area contributed by atoms with E-state index in [-0.39, 0.29) is 6.61 Å². The Morgan fingerprint density at radius 3 is 2.75 bits per heavy atom. The highest BCUT2D eigenvalue weighted by molar-refractivity contribution is 5.22. The number of hydrogen-bond donors (Lipinski definition) is 1. The maximum absolute atomic E-state index is 10.6. The van der Waals surface area contributed by atoms with Gasteiger partial charge in [0.15, 0.2) is 12.6 Å². The van der Waals surface area contributed by atoms with Gasteiger partial charge in [0.25, 0.3) is 0 Å². The number of aliphatic hydroxyl groups is 1. The lowest BCUT2D eigenvalue weighted by atomic mass is 9.96. The fraction of sp³-hybridized carbons (Fsp3) is 0.625. The summed E-state index contributed by atoms with van der Waals surface area (Å²) in [5.74, 6) is 0. The molecule has 0 radical (unpaired) electrons. The minimum atomic E-state index is -1.03. The van der Waals surface area contributed by atoms with Crippen molar-refractivity contribution in [1.82, 2.24) is 0 Å². The van der Waals surface area contributed by atoms with E-state index >= 15 is 0 Å². The molecule has 2 aliphatic heterocycles. The largest absolute Gasteiger partial charge is 0.390 e. The molecule has 0 spiro atoms. The summed E-state index contributed by atoms with van der Waals surface area (Å²) in [7, 11) is 0. The summed E-state index contributed by atoms with van der Waals surface area (Å²) in [6.45, 7) is 4.43. The van der Waals surface area contributed by atoms with Crippen LogP contribution in [0.4, 0.5) is 0 Å². The molecule has 2 fully saturated rings. The third-order valence-corrected chi connectivity index (χ3v) is 4.20. The molecular formula is C16H21N3O5. The van der Waals surface area contributed by atoms with E-state index in [1.807, 2.05) is 31.2 Å². The predicted molar refractivity (Wildman–Crippen MR) is 84.0 cm³/mol. The predicted octanol–water partition coefficient (Wildman–Crippen LogP) is 2.21. The molecule has 1 aromatic carbocycles. The van der Waals surface area contributed by atoms with Crippen LogP contribution in [0.1, 0.15) is 24.3 Å². The maximum Gasteiger partial charge on any atom is 0.184 e. The van der Waals surface area contributed by atoms with Gasteiger partial charge in [0.2, 0.25) is 0 Å². The van der Waals surface area contributed by atoms with Gasteiger partial charge >= 0.3 is 0 Å². The summed E-state index contributed by atoms with van der Waals surface area (Å²) in [6, 6.07) is 6.91. The molecule has 0 bridgehead atoms. The van der Waals surface area contributed by atoms with Crippen LogP contribution in [0.3, 0.4) is 0 Å². The Morgan fingerprint density at radius 1 is 1.33 bits per heavy atom. The van der Waals surface area contributed by atoms with Crippen LogP contribution >= 0.6 is 0 Å². The van der Waals surface area contributed by atoms with Crippen LogP contribution in [0.5, 0.6) is 0 Å². The molecule has 0 amide bonds. The molecule has 2 aliphatic rings. The number of nitrogens with zero attached hydrogens (tertiary/aromatic N) is 3. The van der Waals surface area contributed by atoms with E-state index < -0.39 is 36.9 Å². The van der Waals surface area contributed by atoms with E-state index in [1.54, 1.807) is 6.92 Å². The third-order valence-electron chi connectivity index (χ3n) is 4.20. The topological polar surface area (TPSA) is 106 Å². The summed E-state index contributed by atoms with van der Waals surface area (Å²) in [5.41, 5.74) is 10.7. The number of aliphatic hydroxyl groups excluding tert-OH is 1. The normalized spacial score (nSPS) is 35.8. The lowest BCUT2D eigenvalue weighted by Gasteiger charge is -2.46. The van der Waals surface area contributed by atoms with Crippen molar-refractivity contribution in [3.05, 3.63) is 45.8 Å². The van der Waals surface area contributed by atoms with Gasteiger partial charge in [-0.15, -0.1) is 0 Å². The molecule has 3 rings (SSSR count). The van der Waals surface area contributed by atoms with Crippen molar-refractivity contribution in [2.24, 2.45) is 5.11 Å². The molecule has 6 atom stereocenters. The highest BCUT2D eigenvalue weighted by Gasteiger charge is 2.49. The van der Waals surface area contributed by atoms with E-state index in [2.05, 4.69) is 10.0 Å². The molecule has 24 heavy (non-hydrogen) atoms. The number of fused-ring (bicyclic) bond motifs is 1.